The zero-order valence-corrected chi connectivity index (χ0v) is 19.7. The van der Waals surface area contributed by atoms with Crippen LogP contribution in [0.15, 0.2) is 34.2 Å². The van der Waals surface area contributed by atoms with Crippen molar-refractivity contribution in [2.45, 2.75) is 51.7 Å². The summed E-state index contributed by atoms with van der Waals surface area (Å²) >= 11 is 0. The summed E-state index contributed by atoms with van der Waals surface area (Å²) in [6.07, 6.45) is 1.10. The molecule has 7 nitrogen and oxygen atoms in total. The van der Waals surface area contributed by atoms with E-state index in [1.165, 1.54) is 6.07 Å². The number of sulfonamides is 1. The lowest BCUT2D eigenvalue weighted by atomic mass is 10.0. The predicted octanol–water partition coefficient (Wildman–Crippen LogP) is 2.46. The first-order chi connectivity index (χ1) is 12.3. The second kappa shape index (κ2) is 13.3. The average molecular weight is 512 g/mol. The van der Waals surface area contributed by atoms with Crippen molar-refractivity contribution >= 4 is 40.0 Å². The third-order valence-corrected chi connectivity index (χ3v) is 4.75. The Kier molecular flexibility index (Phi) is 12.8. The van der Waals surface area contributed by atoms with Crippen LogP contribution in [-0.4, -0.2) is 40.2 Å². The SMILES string of the molecule is CCNC(=NCc1cccc(S(N)(=O)=O)c1)NCCC(OCC)C(C)C.I. The maximum Gasteiger partial charge on any atom is 0.238 e. The summed E-state index contributed by atoms with van der Waals surface area (Å²) in [4.78, 5) is 4.61. The van der Waals surface area contributed by atoms with Gasteiger partial charge in [-0.3, -0.25) is 0 Å². The number of nitrogens with two attached hydrogens (primary N) is 1. The van der Waals surface area contributed by atoms with E-state index in [2.05, 4.69) is 29.5 Å². The first-order valence-electron chi connectivity index (χ1n) is 9.03. The lowest BCUT2D eigenvalue weighted by molar-refractivity contribution is 0.0258. The maximum atomic E-state index is 11.4. The van der Waals surface area contributed by atoms with Gasteiger partial charge in [0.15, 0.2) is 5.96 Å². The van der Waals surface area contributed by atoms with Gasteiger partial charge in [0.2, 0.25) is 10.0 Å². The standard InChI is InChI=1S/C18H32N4O3S.HI/c1-5-20-18(21-11-10-17(14(3)4)25-6-2)22-13-15-8-7-9-16(12-15)26(19,23)24;/h7-9,12,14,17H,5-6,10-11,13H2,1-4H3,(H2,19,23,24)(H2,20,21,22);1H. The molecule has 0 fully saturated rings. The van der Waals surface area contributed by atoms with Gasteiger partial charge in [-0.15, -0.1) is 24.0 Å². The van der Waals surface area contributed by atoms with Crippen LogP contribution in [-0.2, 0) is 21.3 Å². The molecule has 0 heterocycles. The molecular weight excluding hydrogens is 479 g/mol. The van der Waals surface area contributed by atoms with E-state index in [1.54, 1.807) is 12.1 Å². The van der Waals surface area contributed by atoms with Crippen molar-refractivity contribution in [2.24, 2.45) is 16.0 Å². The van der Waals surface area contributed by atoms with Gasteiger partial charge in [-0.05, 0) is 43.9 Å². The molecule has 4 N–H and O–H groups in total. The molecule has 27 heavy (non-hydrogen) atoms. The molecular formula is C18H33IN4O3S. The Morgan fingerprint density at radius 2 is 1.96 bits per heavy atom. The minimum Gasteiger partial charge on any atom is -0.378 e. The van der Waals surface area contributed by atoms with Crippen molar-refractivity contribution in [1.29, 1.82) is 0 Å². The summed E-state index contributed by atoms with van der Waals surface area (Å²) in [5, 5.41) is 11.7. The Labute approximate surface area is 180 Å². The van der Waals surface area contributed by atoms with Gasteiger partial charge in [0, 0.05) is 19.7 Å². The quantitative estimate of drug-likeness (QED) is 0.254. The molecule has 0 aliphatic heterocycles. The third kappa shape index (κ3) is 10.3. The first kappa shape index (κ1) is 26.1. The molecule has 1 aromatic carbocycles. The zero-order valence-electron chi connectivity index (χ0n) is 16.6. The van der Waals surface area contributed by atoms with Crippen molar-refractivity contribution in [1.82, 2.24) is 10.6 Å². The Morgan fingerprint density at radius 3 is 2.52 bits per heavy atom. The van der Waals surface area contributed by atoms with Gasteiger partial charge in [-0.25, -0.2) is 18.5 Å². The number of hydrogen-bond donors (Lipinski definition) is 3. The number of ether oxygens (including phenoxy) is 1. The smallest absolute Gasteiger partial charge is 0.238 e. The van der Waals surface area contributed by atoms with E-state index in [4.69, 9.17) is 9.88 Å². The number of benzene rings is 1. The van der Waals surface area contributed by atoms with Crippen LogP contribution in [0.2, 0.25) is 0 Å². The average Bonchev–Trinajstić information content (AvgIpc) is 2.58. The molecule has 1 unspecified atom stereocenters. The van der Waals surface area contributed by atoms with Crippen LogP contribution in [0.25, 0.3) is 0 Å². The Balaban J connectivity index is 0.00000676. The highest BCUT2D eigenvalue weighted by Gasteiger charge is 2.13. The molecule has 1 atom stereocenters. The Morgan fingerprint density at radius 1 is 1.26 bits per heavy atom. The number of nitrogens with zero attached hydrogens (tertiary/aromatic N) is 1. The summed E-state index contributed by atoms with van der Waals surface area (Å²) in [6, 6.07) is 6.52. The lowest BCUT2D eigenvalue weighted by Crippen LogP contribution is -2.39. The molecule has 0 aromatic heterocycles. The molecule has 0 aliphatic carbocycles. The van der Waals surface area contributed by atoms with Gasteiger partial charge in [-0.1, -0.05) is 26.0 Å². The number of guanidine groups is 1. The Bertz CT molecular complexity index is 681. The van der Waals surface area contributed by atoms with E-state index in [1.807, 2.05) is 19.9 Å². The van der Waals surface area contributed by atoms with Crippen LogP contribution in [0, 0.1) is 5.92 Å². The highest BCUT2D eigenvalue weighted by atomic mass is 127. The molecule has 0 radical (unpaired) electrons. The topological polar surface area (TPSA) is 106 Å². The third-order valence-electron chi connectivity index (χ3n) is 3.84. The van der Waals surface area contributed by atoms with E-state index in [9.17, 15) is 8.42 Å². The van der Waals surface area contributed by atoms with Gasteiger partial charge in [0.05, 0.1) is 17.5 Å². The molecule has 0 amide bonds. The van der Waals surface area contributed by atoms with E-state index < -0.39 is 10.0 Å². The number of rotatable bonds is 10. The van der Waals surface area contributed by atoms with Crippen LogP contribution in [0.1, 0.15) is 39.7 Å². The highest BCUT2D eigenvalue weighted by molar-refractivity contribution is 14.0. The Hall–Kier alpha value is -0.910. The maximum absolute atomic E-state index is 11.4. The van der Waals surface area contributed by atoms with Crippen molar-refractivity contribution in [3.63, 3.8) is 0 Å². The monoisotopic (exact) mass is 512 g/mol. The zero-order chi connectivity index (χ0) is 19.6. The van der Waals surface area contributed by atoms with Crippen molar-refractivity contribution in [2.75, 3.05) is 19.7 Å². The molecule has 0 aliphatic rings. The molecule has 1 rings (SSSR count). The van der Waals surface area contributed by atoms with E-state index >= 15 is 0 Å². The van der Waals surface area contributed by atoms with Gasteiger partial charge >= 0.3 is 0 Å². The summed E-state index contributed by atoms with van der Waals surface area (Å²) in [6.45, 7) is 10.8. The molecule has 0 saturated carbocycles. The molecule has 0 saturated heterocycles. The van der Waals surface area contributed by atoms with Crippen molar-refractivity contribution in [3.8, 4) is 0 Å². The lowest BCUT2D eigenvalue weighted by Gasteiger charge is -2.21. The normalized spacial score (nSPS) is 13.2. The number of nitrogens with one attached hydrogen (secondary N) is 2. The number of primary sulfonamides is 1. The number of halogens is 1. The molecule has 9 heteroatoms. The van der Waals surface area contributed by atoms with E-state index in [0.717, 1.165) is 25.1 Å². The largest absolute Gasteiger partial charge is 0.378 e. The van der Waals surface area contributed by atoms with Crippen LogP contribution in [0.4, 0.5) is 0 Å². The van der Waals surface area contributed by atoms with Crippen LogP contribution in [0.5, 0.6) is 0 Å². The van der Waals surface area contributed by atoms with Crippen molar-refractivity contribution in [3.05, 3.63) is 29.8 Å². The summed E-state index contributed by atoms with van der Waals surface area (Å²) in [5.41, 5.74) is 0.781. The highest BCUT2D eigenvalue weighted by Crippen LogP contribution is 2.11. The van der Waals surface area contributed by atoms with Gasteiger partial charge in [0.1, 0.15) is 0 Å². The fourth-order valence-corrected chi connectivity index (χ4v) is 3.07. The minimum atomic E-state index is -3.71. The van der Waals surface area contributed by atoms with Crippen LogP contribution >= 0.6 is 24.0 Å². The van der Waals surface area contributed by atoms with E-state index in [-0.39, 0.29) is 35.0 Å². The minimum absolute atomic E-state index is 0. The summed E-state index contributed by atoms with van der Waals surface area (Å²) in [7, 11) is -3.71. The first-order valence-corrected chi connectivity index (χ1v) is 10.6. The fourth-order valence-electron chi connectivity index (χ4n) is 2.49. The molecule has 0 spiro atoms. The molecule has 0 bridgehead atoms. The second-order valence-electron chi connectivity index (χ2n) is 6.34. The number of hydrogen-bond acceptors (Lipinski definition) is 4. The fraction of sp³-hybridized carbons (Fsp3) is 0.611. The van der Waals surface area contributed by atoms with Gasteiger partial charge in [-0.2, -0.15) is 0 Å². The van der Waals surface area contributed by atoms with Crippen LogP contribution < -0.4 is 15.8 Å². The van der Waals surface area contributed by atoms with Gasteiger partial charge < -0.3 is 15.4 Å². The predicted molar refractivity (Wildman–Crippen MR) is 121 cm³/mol. The number of aliphatic imine (C=N–C) groups is 1. The summed E-state index contributed by atoms with van der Waals surface area (Å²) in [5.74, 6) is 1.14. The van der Waals surface area contributed by atoms with Crippen LogP contribution in [0.3, 0.4) is 0 Å². The van der Waals surface area contributed by atoms with Crippen molar-refractivity contribution < 1.29 is 13.2 Å². The van der Waals surface area contributed by atoms with Gasteiger partial charge in [0.25, 0.3) is 0 Å². The molecule has 1 aromatic rings. The molecule has 156 valence electrons. The summed E-state index contributed by atoms with van der Waals surface area (Å²) < 4.78 is 28.6. The second-order valence-corrected chi connectivity index (χ2v) is 7.90. The van der Waals surface area contributed by atoms with E-state index in [0.29, 0.717) is 25.0 Å².